The topological polar surface area (TPSA) is 104 Å². The molecular formula is C27H41N3O4S. The molecule has 2 aromatic rings. The van der Waals surface area contributed by atoms with Crippen molar-refractivity contribution >= 4 is 27.8 Å². The maximum absolute atomic E-state index is 13.5. The number of nitrogens with zero attached hydrogens (tertiary/aromatic N) is 1. The highest BCUT2D eigenvalue weighted by Crippen LogP contribution is 2.24. The Morgan fingerprint density at radius 1 is 1.26 bits per heavy atom. The zero-order valence-electron chi connectivity index (χ0n) is 21.2. The summed E-state index contributed by atoms with van der Waals surface area (Å²) in [5.74, 6) is 0.932. The lowest BCUT2D eigenvalue weighted by Gasteiger charge is -2.30. The number of amides is 1. The lowest BCUT2D eigenvalue weighted by atomic mass is 9.95. The van der Waals surface area contributed by atoms with Crippen LogP contribution in [0.2, 0.25) is 0 Å². The van der Waals surface area contributed by atoms with Gasteiger partial charge >= 0.3 is 0 Å². The Balaban J connectivity index is 1.72. The van der Waals surface area contributed by atoms with Gasteiger partial charge in [0.2, 0.25) is 11.8 Å². The van der Waals surface area contributed by atoms with E-state index in [0.29, 0.717) is 23.3 Å². The maximum atomic E-state index is 13.5. The number of rotatable bonds is 13. The number of aliphatic hydroxyl groups excluding tert-OH is 1. The molecule has 8 heteroatoms. The fraction of sp³-hybridized carbons (Fsp3) is 0.630. The van der Waals surface area contributed by atoms with Gasteiger partial charge in [-0.2, -0.15) is 0 Å². The van der Waals surface area contributed by atoms with Gasteiger partial charge in [0.1, 0.15) is 5.52 Å². The number of oxazole rings is 1. The number of hydrogen-bond donors (Lipinski definition) is 3. The first-order chi connectivity index (χ1) is 16.9. The second kappa shape index (κ2) is 13.9. The van der Waals surface area contributed by atoms with Crippen LogP contribution in [0.1, 0.15) is 77.7 Å². The van der Waals surface area contributed by atoms with Gasteiger partial charge in [-0.15, -0.1) is 0 Å². The summed E-state index contributed by atoms with van der Waals surface area (Å²) in [5, 5.41) is 17.6. The monoisotopic (exact) mass is 503 g/mol. The van der Waals surface area contributed by atoms with Crippen LogP contribution < -0.4 is 10.6 Å². The van der Waals surface area contributed by atoms with Crippen LogP contribution in [0.15, 0.2) is 40.8 Å². The van der Waals surface area contributed by atoms with E-state index in [0.717, 1.165) is 32.1 Å². The Labute approximate surface area is 211 Å². The van der Waals surface area contributed by atoms with Gasteiger partial charge in [0.25, 0.3) is 0 Å². The van der Waals surface area contributed by atoms with Gasteiger partial charge in [-0.1, -0.05) is 63.8 Å². The molecule has 0 aliphatic heterocycles. The summed E-state index contributed by atoms with van der Waals surface area (Å²) in [4.78, 5) is 17.9. The molecule has 1 saturated carbocycles. The highest BCUT2D eigenvalue weighted by Gasteiger charge is 2.31. The number of carbonyl (C=O) groups excluding carboxylic acids is 1. The van der Waals surface area contributed by atoms with Crippen LogP contribution in [0, 0.1) is 5.92 Å². The molecule has 35 heavy (non-hydrogen) atoms. The van der Waals surface area contributed by atoms with Gasteiger partial charge in [0.05, 0.1) is 12.1 Å². The Bertz CT molecular complexity index is 953. The zero-order valence-corrected chi connectivity index (χ0v) is 22.1. The Kier molecular flexibility index (Phi) is 10.9. The SMILES string of the molecule is C/C=C\C(C)CS(=O)CC(NC1CCCCC1)C(=O)N[C@@H](CCC)C(O)c1nc2ccccc2o1. The Morgan fingerprint density at radius 2 is 2.00 bits per heavy atom. The molecule has 1 aliphatic carbocycles. The molecule has 1 aliphatic rings. The summed E-state index contributed by atoms with van der Waals surface area (Å²) in [6.45, 7) is 6.00. The van der Waals surface area contributed by atoms with Crippen molar-refractivity contribution in [3.05, 3.63) is 42.3 Å². The van der Waals surface area contributed by atoms with Crippen molar-refractivity contribution in [2.45, 2.75) is 89.9 Å². The van der Waals surface area contributed by atoms with E-state index in [1.807, 2.05) is 51.1 Å². The molecule has 1 fully saturated rings. The first-order valence-corrected chi connectivity index (χ1v) is 14.5. The quantitative estimate of drug-likeness (QED) is 0.350. The molecule has 7 nitrogen and oxygen atoms in total. The first kappa shape index (κ1) is 27.6. The summed E-state index contributed by atoms with van der Waals surface area (Å²) in [5.41, 5.74) is 1.27. The van der Waals surface area contributed by atoms with E-state index in [2.05, 4.69) is 15.6 Å². The number of hydrogen-bond acceptors (Lipinski definition) is 6. The number of benzene rings is 1. The normalized spacial score (nSPS) is 19.4. The van der Waals surface area contributed by atoms with Crippen molar-refractivity contribution in [3.8, 4) is 0 Å². The Hall–Kier alpha value is -2.03. The molecule has 194 valence electrons. The molecule has 0 radical (unpaired) electrons. The smallest absolute Gasteiger partial charge is 0.238 e. The third kappa shape index (κ3) is 8.26. The number of aliphatic hydroxyl groups is 1. The lowest BCUT2D eigenvalue weighted by molar-refractivity contribution is -0.124. The van der Waals surface area contributed by atoms with Crippen LogP contribution in [-0.4, -0.2) is 49.8 Å². The first-order valence-electron chi connectivity index (χ1n) is 13.0. The van der Waals surface area contributed by atoms with E-state index in [4.69, 9.17) is 4.42 Å². The summed E-state index contributed by atoms with van der Waals surface area (Å²) < 4.78 is 18.7. The van der Waals surface area contributed by atoms with E-state index < -0.39 is 29.0 Å². The molecular weight excluding hydrogens is 462 g/mol. The summed E-state index contributed by atoms with van der Waals surface area (Å²) >= 11 is 0. The van der Waals surface area contributed by atoms with E-state index in [1.54, 1.807) is 6.07 Å². The van der Waals surface area contributed by atoms with Crippen LogP contribution in [0.5, 0.6) is 0 Å². The standard InChI is InChI=1S/C27H41N3O4S/c1-4-11-19(3)17-35(33)18-23(28-20-13-7-6-8-14-20)26(32)29-22(12-5-2)25(31)27-30-21-15-9-10-16-24(21)34-27/h4,9-11,15-16,19-20,22-23,25,28,31H,5-8,12-14,17-18H2,1-3H3,(H,29,32)/b11-4-/t19?,22-,23?,25?,35?/m0/s1. The second-order valence-corrected chi connectivity index (χ2v) is 11.2. The summed E-state index contributed by atoms with van der Waals surface area (Å²) in [6.07, 6.45) is 9.83. The number of para-hydroxylation sites is 2. The van der Waals surface area contributed by atoms with Gasteiger partial charge in [-0.3, -0.25) is 9.00 Å². The molecule has 0 bridgehead atoms. The van der Waals surface area contributed by atoms with Gasteiger partial charge in [0, 0.05) is 28.3 Å². The molecule has 0 saturated heterocycles. The number of aromatic nitrogens is 1. The third-order valence-electron chi connectivity index (χ3n) is 6.55. The van der Waals surface area contributed by atoms with Gasteiger partial charge in [-0.05, 0) is 44.2 Å². The second-order valence-electron chi connectivity index (χ2n) is 9.70. The van der Waals surface area contributed by atoms with Gasteiger partial charge in [-0.25, -0.2) is 4.98 Å². The van der Waals surface area contributed by atoms with E-state index in [1.165, 1.54) is 6.42 Å². The number of carbonyl (C=O) groups is 1. The van der Waals surface area contributed by atoms with Crippen LogP contribution in [0.4, 0.5) is 0 Å². The molecule has 1 heterocycles. The highest BCUT2D eigenvalue weighted by atomic mass is 32.2. The zero-order chi connectivity index (χ0) is 25.2. The molecule has 1 aromatic carbocycles. The average Bonchev–Trinajstić information content (AvgIpc) is 3.28. The number of fused-ring (bicyclic) bond motifs is 1. The molecule has 4 unspecified atom stereocenters. The van der Waals surface area contributed by atoms with Crippen molar-refractivity contribution in [3.63, 3.8) is 0 Å². The molecule has 0 spiro atoms. The molecule has 1 amide bonds. The average molecular weight is 504 g/mol. The maximum Gasteiger partial charge on any atom is 0.238 e. The van der Waals surface area contributed by atoms with Crippen molar-refractivity contribution in [1.82, 2.24) is 15.6 Å². The van der Waals surface area contributed by atoms with E-state index >= 15 is 0 Å². The van der Waals surface area contributed by atoms with Crippen LogP contribution in [0.3, 0.4) is 0 Å². The molecule has 1 aromatic heterocycles. The molecule has 3 N–H and O–H groups in total. The minimum Gasteiger partial charge on any atom is -0.438 e. The fourth-order valence-corrected chi connectivity index (χ4v) is 6.23. The highest BCUT2D eigenvalue weighted by molar-refractivity contribution is 7.85. The van der Waals surface area contributed by atoms with Crippen LogP contribution in [0.25, 0.3) is 11.1 Å². The van der Waals surface area contributed by atoms with Crippen molar-refractivity contribution < 1.29 is 18.5 Å². The molecule has 3 rings (SSSR count). The predicted molar refractivity (Wildman–Crippen MR) is 141 cm³/mol. The predicted octanol–water partition coefficient (Wildman–Crippen LogP) is 4.40. The Morgan fingerprint density at radius 3 is 2.69 bits per heavy atom. The summed E-state index contributed by atoms with van der Waals surface area (Å²) in [6, 6.07) is 6.48. The van der Waals surface area contributed by atoms with Crippen molar-refractivity contribution in [2.24, 2.45) is 5.92 Å². The molecule has 5 atom stereocenters. The third-order valence-corrected chi connectivity index (χ3v) is 8.16. The van der Waals surface area contributed by atoms with E-state index in [9.17, 15) is 14.1 Å². The minimum absolute atomic E-state index is 0.188. The number of allylic oxidation sites excluding steroid dienone is 2. The fourth-order valence-electron chi connectivity index (χ4n) is 4.78. The van der Waals surface area contributed by atoms with Gasteiger partial charge < -0.3 is 20.2 Å². The number of nitrogens with one attached hydrogen (secondary N) is 2. The summed E-state index contributed by atoms with van der Waals surface area (Å²) in [7, 11) is -1.15. The van der Waals surface area contributed by atoms with Crippen LogP contribution in [-0.2, 0) is 15.6 Å². The van der Waals surface area contributed by atoms with Gasteiger partial charge in [0.15, 0.2) is 11.7 Å². The van der Waals surface area contributed by atoms with E-state index in [-0.39, 0.29) is 29.5 Å². The lowest BCUT2D eigenvalue weighted by Crippen LogP contribution is -2.54. The van der Waals surface area contributed by atoms with Crippen molar-refractivity contribution in [1.29, 1.82) is 0 Å². The minimum atomic E-state index is -1.15. The largest absolute Gasteiger partial charge is 0.438 e. The van der Waals surface area contributed by atoms with Crippen LogP contribution >= 0.6 is 0 Å². The van der Waals surface area contributed by atoms with Crippen molar-refractivity contribution in [2.75, 3.05) is 11.5 Å².